The third-order valence-corrected chi connectivity index (χ3v) is 5.16. The van der Waals surface area contributed by atoms with E-state index in [1.54, 1.807) is 10.7 Å². The van der Waals surface area contributed by atoms with Crippen molar-refractivity contribution in [2.45, 2.75) is 45.2 Å². The van der Waals surface area contributed by atoms with Gasteiger partial charge in [0, 0.05) is 24.2 Å². The van der Waals surface area contributed by atoms with Crippen molar-refractivity contribution in [2.75, 3.05) is 26.0 Å². The molecule has 156 valence electrons. The van der Waals surface area contributed by atoms with Crippen LogP contribution in [0.2, 0.25) is 0 Å². The third kappa shape index (κ3) is 5.23. The van der Waals surface area contributed by atoms with Gasteiger partial charge in [-0.1, -0.05) is 30.3 Å². The number of aromatic nitrogens is 2. The van der Waals surface area contributed by atoms with E-state index in [1.165, 1.54) is 12.8 Å². The Morgan fingerprint density at radius 3 is 2.38 bits per heavy atom. The summed E-state index contributed by atoms with van der Waals surface area (Å²) in [7, 11) is 4.00. The molecule has 1 fully saturated rings. The number of carbonyl (C=O) groups excluding carboxylic acids is 2. The molecule has 0 bridgehead atoms. The molecule has 1 aromatic heterocycles. The Kier molecular flexibility index (Phi) is 6.07. The van der Waals surface area contributed by atoms with Crippen LogP contribution in [-0.2, 0) is 15.1 Å². The van der Waals surface area contributed by atoms with E-state index in [9.17, 15) is 9.59 Å². The largest absolute Gasteiger partial charge is 0.346 e. The molecule has 3 rings (SSSR count). The Balaban J connectivity index is 1.71. The summed E-state index contributed by atoms with van der Waals surface area (Å²) in [6.07, 6.45) is 2.36. The van der Waals surface area contributed by atoms with Gasteiger partial charge in [0.15, 0.2) is 0 Å². The van der Waals surface area contributed by atoms with Crippen molar-refractivity contribution in [2.24, 2.45) is 5.92 Å². The number of likely N-dealkylation sites (N-methyl/N-ethyl adjacent to an activating group) is 1. The lowest BCUT2D eigenvalue weighted by molar-refractivity contribution is -0.136. The number of hydrogen-bond acceptors (Lipinski definition) is 4. The summed E-state index contributed by atoms with van der Waals surface area (Å²) >= 11 is 0. The maximum absolute atomic E-state index is 12.5. The summed E-state index contributed by atoms with van der Waals surface area (Å²) in [5.41, 5.74) is 1.35. The number of rotatable bonds is 6. The monoisotopic (exact) mass is 397 g/mol. The molecule has 7 heteroatoms. The summed E-state index contributed by atoms with van der Waals surface area (Å²) in [5.74, 6) is -0.198. The summed E-state index contributed by atoms with van der Waals surface area (Å²) in [5, 5.41) is 10.2. The molecule has 0 spiro atoms. The number of benzene rings is 1. The maximum Gasteiger partial charge on any atom is 0.314 e. The van der Waals surface area contributed by atoms with Crippen molar-refractivity contribution < 1.29 is 9.59 Å². The second-order valence-corrected chi connectivity index (χ2v) is 8.90. The van der Waals surface area contributed by atoms with Crippen molar-refractivity contribution in [1.29, 1.82) is 0 Å². The van der Waals surface area contributed by atoms with E-state index < -0.39 is 11.8 Å². The Hall–Kier alpha value is -2.67. The lowest BCUT2D eigenvalue weighted by atomic mass is 10.1. The SMILES string of the molecule is CN(C)[C@H](CNC(=O)C(=O)Nc1cc(-c2ccccc2)nn1C(C)(C)C)C1CC1. The van der Waals surface area contributed by atoms with Crippen molar-refractivity contribution in [1.82, 2.24) is 20.0 Å². The smallest absolute Gasteiger partial charge is 0.314 e. The highest BCUT2D eigenvalue weighted by Gasteiger charge is 2.33. The van der Waals surface area contributed by atoms with Gasteiger partial charge in [-0.15, -0.1) is 0 Å². The number of nitrogens with one attached hydrogen (secondary N) is 2. The minimum atomic E-state index is -0.677. The van der Waals surface area contributed by atoms with Crippen LogP contribution in [-0.4, -0.2) is 53.2 Å². The fourth-order valence-electron chi connectivity index (χ4n) is 3.43. The molecule has 1 saturated carbocycles. The van der Waals surface area contributed by atoms with Crippen LogP contribution in [0.25, 0.3) is 11.3 Å². The van der Waals surface area contributed by atoms with Crippen LogP contribution in [0.1, 0.15) is 33.6 Å². The average molecular weight is 398 g/mol. The Morgan fingerprint density at radius 2 is 1.83 bits per heavy atom. The standard InChI is InChI=1S/C22H31N5O2/c1-22(2,3)27-19(13-17(25-27)15-9-7-6-8-10-15)24-21(29)20(28)23-14-18(26(4)5)16-11-12-16/h6-10,13,16,18H,11-12,14H2,1-5H3,(H,23,28)(H,24,29)/t18-/m1/s1. The molecule has 2 aromatic rings. The zero-order valence-corrected chi connectivity index (χ0v) is 17.9. The molecule has 0 saturated heterocycles. The highest BCUT2D eigenvalue weighted by molar-refractivity contribution is 6.39. The molecule has 0 radical (unpaired) electrons. The number of nitrogens with zero attached hydrogens (tertiary/aromatic N) is 3. The van der Waals surface area contributed by atoms with Gasteiger partial charge < -0.3 is 15.5 Å². The minimum Gasteiger partial charge on any atom is -0.346 e. The fraction of sp³-hybridized carbons (Fsp3) is 0.500. The van der Waals surface area contributed by atoms with Crippen LogP contribution in [0.3, 0.4) is 0 Å². The molecule has 1 heterocycles. The molecule has 1 atom stereocenters. The predicted molar refractivity (Wildman–Crippen MR) is 114 cm³/mol. The van der Waals surface area contributed by atoms with E-state index in [0.29, 0.717) is 18.3 Å². The second-order valence-electron chi connectivity index (χ2n) is 8.90. The van der Waals surface area contributed by atoms with Gasteiger partial charge in [0.2, 0.25) is 0 Å². The zero-order chi connectivity index (χ0) is 21.2. The summed E-state index contributed by atoms with van der Waals surface area (Å²) in [6, 6.07) is 11.8. The molecule has 1 aliphatic rings. The van der Waals surface area contributed by atoms with Gasteiger partial charge in [0.25, 0.3) is 0 Å². The molecule has 2 amide bonds. The molecule has 2 N–H and O–H groups in total. The highest BCUT2D eigenvalue weighted by atomic mass is 16.2. The van der Waals surface area contributed by atoms with E-state index >= 15 is 0 Å². The molecule has 29 heavy (non-hydrogen) atoms. The molecular weight excluding hydrogens is 366 g/mol. The lowest BCUT2D eigenvalue weighted by Crippen LogP contribution is -2.45. The van der Waals surface area contributed by atoms with Gasteiger partial charge in [0.1, 0.15) is 5.82 Å². The number of amides is 2. The third-order valence-electron chi connectivity index (χ3n) is 5.16. The van der Waals surface area contributed by atoms with Crippen molar-refractivity contribution in [3.05, 3.63) is 36.4 Å². The molecule has 0 aliphatic heterocycles. The first kappa shape index (κ1) is 21.0. The van der Waals surface area contributed by atoms with Crippen molar-refractivity contribution >= 4 is 17.6 Å². The van der Waals surface area contributed by atoms with Gasteiger partial charge >= 0.3 is 11.8 Å². The van der Waals surface area contributed by atoms with E-state index in [0.717, 1.165) is 11.3 Å². The number of carbonyl (C=O) groups is 2. The summed E-state index contributed by atoms with van der Waals surface area (Å²) in [4.78, 5) is 27.0. The Morgan fingerprint density at radius 1 is 1.17 bits per heavy atom. The fourth-order valence-corrected chi connectivity index (χ4v) is 3.43. The molecular formula is C22H31N5O2. The van der Waals surface area contributed by atoms with Crippen LogP contribution in [0.5, 0.6) is 0 Å². The van der Waals surface area contributed by atoms with E-state index in [-0.39, 0.29) is 11.6 Å². The summed E-state index contributed by atoms with van der Waals surface area (Å²) < 4.78 is 1.74. The first-order chi connectivity index (χ1) is 13.7. The molecule has 7 nitrogen and oxygen atoms in total. The van der Waals surface area contributed by atoms with Crippen LogP contribution in [0.4, 0.5) is 5.82 Å². The van der Waals surface area contributed by atoms with Crippen LogP contribution >= 0.6 is 0 Å². The van der Waals surface area contributed by atoms with Crippen molar-refractivity contribution in [3.63, 3.8) is 0 Å². The van der Waals surface area contributed by atoms with E-state index in [2.05, 4.69) is 20.6 Å². The zero-order valence-electron chi connectivity index (χ0n) is 17.9. The Labute approximate surface area is 172 Å². The minimum absolute atomic E-state index is 0.261. The number of hydrogen-bond donors (Lipinski definition) is 2. The Bertz CT molecular complexity index is 861. The van der Waals surface area contributed by atoms with Gasteiger partial charge in [-0.2, -0.15) is 5.10 Å². The first-order valence-corrected chi connectivity index (χ1v) is 10.1. The molecule has 0 unspecified atom stereocenters. The van der Waals surface area contributed by atoms with E-state index in [4.69, 9.17) is 0 Å². The predicted octanol–water partition coefficient (Wildman–Crippen LogP) is 2.70. The number of anilines is 1. The molecule has 1 aliphatic carbocycles. The average Bonchev–Trinajstić information content (AvgIpc) is 3.40. The topological polar surface area (TPSA) is 79.3 Å². The highest BCUT2D eigenvalue weighted by Crippen LogP contribution is 2.34. The lowest BCUT2D eigenvalue weighted by Gasteiger charge is -2.24. The van der Waals surface area contributed by atoms with Gasteiger partial charge in [-0.25, -0.2) is 4.68 Å². The summed E-state index contributed by atoms with van der Waals surface area (Å²) in [6.45, 7) is 6.48. The quantitative estimate of drug-likeness (QED) is 0.735. The van der Waals surface area contributed by atoms with Crippen molar-refractivity contribution in [3.8, 4) is 11.3 Å². The van der Waals surface area contributed by atoms with Gasteiger partial charge in [-0.05, 0) is 53.6 Å². The first-order valence-electron chi connectivity index (χ1n) is 10.1. The molecule has 1 aromatic carbocycles. The van der Waals surface area contributed by atoms with Crippen LogP contribution in [0, 0.1) is 5.92 Å². The van der Waals surface area contributed by atoms with E-state index in [1.807, 2.05) is 65.2 Å². The van der Waals surface area contributed by atoms with Crippen LogP contribution < -0.4 is 10.6 Å². The van der Waals surface area contributed by atoms with Gasteiger partial charge in [-0.3, -0.25) is 9.59 Å². The van der Waals surface area contributed by atoms with Crippen LogP contribution in [0.15, 0.2) is 36.4 Å². The van der Waals surface area contributed by atoms with Gasteiger partial charge in [0.05, 0.1) is 11.2 Å². The normalized spacial score (nSPS) is 15.2. The second kappa shape index (κ2) is 8.37. The maximum atomic E-state index is 12.5.